The van der Waals surface area contributed by atoms with Crippen molar-refractivity contribution < 1.29 is 27.9 Å². The summed E-state index contributed by atoms with van der Waals surface area (Å²) in [5, 5.41) is 0. The van der Waals surface area contributed by atoms with Crippen LogP contribution in [0.5, 0.6) is 11.5 Å². The standard InChI is InChI=1S/C28H26FN3O5S2/c1-30-15-20(16-7-10-22(35-3)23(12-16)36-4)28(25(34)32(26(38)39-28)14-18-6-5-11-37-18)27(30)19-13-17(29)8-9-21(19)31(2)24(27)33/h5-13,20H,14-15H2,1-4H3/t20?,27-,28+/m1/s1. The lowest BCUT2D eigenvalue weighted by atomic mass is 9.72. The summed E-state index contributed by atoms with van der Waals surface area (Å²) in [6.45, 7) is 0.457. The zero-order valence-electron chi connectivity index (χ0n) is 21.8. The highest BCUT2D eigenvalue weighted by Gasteiger charge is 2.78. The molecule has 0 bridgehead atoms. The van der Waals surface area contributed by atoms with Crippen LogP contribution in [-0.4, -0.2) is 65.5 Å². The predicted octanol–water partition coefficient (Wildman–Crippen LogP) is 4.14. The van der Waals surface area contributed by atoms with Crippen molar-refractivity contribution >= 4 is 45.8 Å². The van der Waals surface area contributed by atoms with Gasteiger partial charge >= 0.3 is 0 Å². The molecule has 3 aliphatic rings. The number of rotatable bonds is 5. The average molecular weight is 568 g/mol. The van der Waals surface area contributed by atoms with E-state index in [2.05, 4.69) is 0 Å². The number of halogens is 1. The third kappa shape index (κ3) is 3.30. The van der Waals surface area contributed by atoms with Crippen molar-refractivity contribution in [1.82, 2.24) is 9.80 Å². The smallest absolute Gasteiger partial charge is 0.254 e. The number of carbonyl (C=O) groups is 2. The molecule has 0 saturated carbocycles. The highest BCUT2D eigenvalue weighted by atomic mass is 32.2. The van der Waals surface area contributed by atoms with Crippen molar-refractivity contribution in [2.75, 3.05) is 39.8 Å². The monoisotopic (exact) mass is 567 g/mol. The number of furan rings is 1. The molecule has 8 nitrogen and oxygen atoms in total. The van der Waals surface area contributed by atoms with Gasteiger partial charge in [0.25, 0.3) is 5.91 Å². The summed E-state index contributed by atoms with van der Waals surface area (Å²) in [7, 11) is 6.56. The quantitative estimate of drug-likeness (QED) is 0.426. The molecular formula is C28H26FN3O5S2. The van der Waals surface area contributed by atoms with Gasteiger partial charge < -0.3 is 18.8 Å². The lowest BCUT2D eigenvalue weighted by Gasteiger charge is -2.42. The second-order valence-electron chi connectivity index (χ2n) is 9.86. The number of hydrogen-bond acceptors (Lipinski definition) is 8. The van der Waals surface area contributed by atoms with Gasteiger partial charge in [0, 0.05) is 30.8 Å². The number of benzene rings is 2. The zero-order chi connectivity index (χ0) is 27.7. The fourth-order valence-corrected chi connectivity index (χ4v) is 8.56. The molecule has 202 valence electrons. The van der Waals surface area contributed by atoms with Gasteiger partial charge in [-0.2, -0.15) is 0 Å². The summed E-state index contributed by atoms with van der Waals surface area (Å²) in [5.41, 5.74) is 0.273. The molecule has 0 radical (unpaired) electrons. The number of anilines is 1. The van der Waals surface area contributed by atoms with Gasteiger partial charge in [-0.25, -0.2) is 4.39 Å². The number of likely N-dealkylation sites (N-methyl/N-ethyl adjacent to an activating group) is 2. The van der Waals surface area contributed by atoms with Crippen molar-refractivity contribution in [1.29, 1.82) is 0 Å². The second-order valence-corrected chi connectivity index (χ2v) is 11.7. The molecule has 3 aliphatic heterocycles. The van der Waals surface area contributed by atoms with E-state index < -0.39 is 22.0 Å². The van der Waals surface area contributed by atoms with Crippen molar-refractivity contribution in [3.63, 3.8) is 0 Å². The first kappa shape index (κ1) is 25.8. The van der Waals surface area contributed by atoms with Crippen LogP contribution in [-0.2, 0) is 21.7 Å². The lowest BCUT2D eigenvalue weighted by molar-refractivity contribution is -0.139. The van der Waals surface area contributed by atoms with Crippen LogP contribution in [0.15, 0.2) is 59.2 Å². The van der Waals surface area contributed by atoms with Gasteiger partial charge in [0.1, 0.15) is 20.6 Å². The summed E-state index contributed by atoms with van der Waals surface area (Å²) in [5.74, 6) is -0.0196. The molecule has 2 fully saturated rings. The van der Waals surface area contributed by atoms with Crippen LogP contribution in [0.2, 0.25) is 0 Å². The maximum Gasteiger partial charge on any atom is 0.254 e. The summed E-state index contributed by atoms with van der Waals surface area (Å²) in [6, 6.07) is 13.3. The van der Waals surface area contributed by atoms with Crippen LogP contribution in [0.1, 0.15) is 22.8 Å². The normalized spacial score (nSPS) is 26.4. The van der Waals surface area contributed by atoms with Gasteiger partial charge in [0.15, 0.2) is 17.0 Å². The molecule has 1 unspecified atom stereocenters. The number of hydrogen-bond donors (Lipinski definition) is 0. The van der Waals surface area contributed by atoms with Gasteiger partial charge in [0.2, 0.25) is 5.91 Å². The van der Waals surface area contributed by atoms with Crippen LogP contribution in [0.25, 0.3) is 0 Å². The van der Waals surface area contributed by atoms with E-state index in [1.165, 1.54) is 40.0 Å². The highest BCUT2D eigenvalue weighted by molar-refractivity contribution is 8.25. The minimum absolute atomic E-state index is 0.123. The van der Waals surface area contributed by atoms with Gasteiger partial charge in [-0.1, -0.05) is 30.0 Å². The topological polar surface area (TPSA) is 75.5 Å². The first-order valence-electron chi connectivity index (χ1n) is 12.3. The van der Waals surface area contributed by atoms with E-state index in [1.807, 2.05) is 17.0 Å². The molecule has 2 saturated heterocycles. The molecule has 4 heterocycles. The molecule has 2 spiro atoms. The molecule has 1 aromatic heterocycles. The SMILES string of the molecule is COc1ccc(C2CN(C)[C@]3(C(=O)N(C)c4ccc(F)cc43)[C@]23SC(=S)N(Cc2ccco2)C3=O)cc1OC. The fraction of sp³-hybridized carbons (Fsp3) is 0.321. The Bertz CT molecular complexity index is 1510. The Labute approximate surface area is 234 Å². The van der Waals surface area contributed by atoms with E-state index in [0.717, 1.165) is 5.56 Å². The minimum atomic E-state index is -1.51. The van der Waals surface area contributed by atoms with Crippen molar-refractivity contribution in [2.24, 2.45) is 0 Å². The molecular weight excluding hydrogens is 541 g/mol. The molecule has 0 aliphatic carbocycles. The van der Waals surface area contributed by atoms with Crippen LogP contribution in [0, 0.1) is 5.82 Å². The Morgan fingerprint density at radius 2 is 1.85 bits per heavy atom. The van der Waals surface area contributed by atoms with Crippen LogP contribution in [0.4, 0.5) is 10.1 Å². The molecule has 6 rings (SSSR count). The van der Waals surface area contributed by atoms with E-state index in [-0.39, 0.29) is 18.4 Å². The van der Waals surface area contributed by atoms with Crippen LogP contribution < -0.4 is 14.4 Å². The van der Waals surface area contributed by atoms with E-state index in [9.17, 15) is 14.0 Å². The van der Waals surface area contributed by atoms with Gasteiger partial charge in [0.05, 0.1) is 27.0 Å². The number of ether oxygens (including phenoxy) is 2. The number of carbonyl (C=O) groups excluding carboxylic acids is 2. The zero-order valence-corrected chi connectivity index (χ0v) is 23.4. The van der Waals surface area contributed by atoms with E-state index in [4.69, 9.17) is 26.1 Å². The van der Waals surface area contributed by atoms with Gasteiger partial charge in [-0.15, -0.1) is 0 Å². The minimum Gasteiger partial charge on any atom is -0.493 e. The third-order valence-electron chi connectivity index (χ3n) is 8.12. The number of fused-ring (bicyclic) bond motifs is 3. The van der Waals surface area contributed by atoms with Crippen LogP contribution in [0.3, 0.4) is 0 Å². The maximum absolute atomic E-state index is 14.8. The fourth-order valence-electron chi connectivity index (χ4n) is 6.43. The van der Waals surface area contributed by atoms with E-state index in [0.29, 0.717) is 39.4 Å². The Morgan fingerprint density at radius 3 is 2.54 bits per heavy atom. The predicted molar refractivity (Wildman–Crippen MR) is 149 cm³/mol. The molecule has 3 atom stereocenters. The Kier molecular flexibility index (Phi) is 6.01. The Balaban J connectivity index is 1.61. The third-order valence-corrected chi connectivity index (χ3v) is 10.1. The lowest BCUT2D eigenvalue weighted by Crippen LogP contribution is -2.62. The van der Waals surface area contributed by atoms with Gasteiger partial charge in [-0.05, 0) is 55.1 Å². The summed E-state index contributed by atoms with van der Waals surface area (Å²) < 4.78 is 30.3. The van der Waals surface area contributed by atoms with Crippen molar-refractivity contribution in [2.45, 2.75) is 22.7 Å². The van der Waals surface area contributed by atoms with Gasteiger partial charge in [-0.3, -0.25) is 19.4 Å². The molecule has 11 heteroatoms. The molecule has 2 amide bonds. The van der Waals surface area contributed by atoms with Crippen molar-refractivity contribution in [3.05, 3.63) is 77.5 Å². The number of nitrogens with zero attached hydrogens (tertiary/aromatic N) is 3. The molecule has 0 N–H and O–H groups in total. The maximum atomic E-state index is 14.8. The largest absolute Gasteiger partial charge is 0.493 e. The molecule has 39 heavy (non-hydrogen) atoms. The number of thioether (sulfide) groups is 1. The molecule has 3 aromatic rings. The second kappa shape index (κ2) is 9.07. The number of methoxy groups -OCH3 is 2. The summed E-state index contributed by atoms with van der Waals surface area (Å²) in [4.78, 5) is 34.1. The van der Waals surface area contributed by atoms with Crippen LogP contribution >= 0.6 is 24.0 Å². The number of likely N-dealkylation sites (tertiary alicyclic amines) is 1. The first-order valence-corrected chi connectivity index (χ1v) is 13.5. The number of thiocarbonyl (C=S) groups is 1. The average Bonchev–Trinajstić information content (AvgIpc) is 3.65. The highest BCUT2D eigenvalue weighted by Crippen LogP contribution is 2.67. The summed E-state index contributed by atoms with van der Waals surface area (Å²) in [6.07, 6.45) is 1.54. The van der Waals surface area contributed by atoms with Crippen molar-refractivity contribution in [3.8, 4) is 11.5 Å². The Hall–Kier alpha value is -3.41. The Morgan fingerprint density at radius 1 is 1.08 bits per heavy atom. The van der Waals surface area contributed by atoms with E-state index in [1.54, 1.807) is 52.6 Å². The summed E-state index contributed by atoms with van der Waals surface area (Å²) >= 11 is 7.00. The number of amides is 2. The molecule has 2 aromatic carbocycles. The van der Waals surface area contributed by atoms with E-state index >= 15 is 0 Å². The first-order chi connectivity index (χ1) is 18.7.